The fourth-order valence-corrected chi connectivity index (χ4v) is 3.26. The zero-order chi connectivity index (χ0) is 15.4. The number of nitrogens with one attached hydrogen (secondary N) is 1. The summed E-state index contributed by atoms with van der Waals surface area (Å²) in [6, 6.07) is 3.60. The summed E-state index contributed by atoms with van der Waals surface area (Å²) in [6.45, 7) is 1.87. The highest BCUT2D eigenvalue weighted by atomic mass is 16.5. The first-order chi connectivity index (χ1) is 10.8. The zero-order valence-corrected chi connectivity index (χ0v) is 13.1. The standard InChI is InChI=1S/C16H24N4O2/c1-17-16(21)14-6-7-15(19-18-14)20-10-8-13(9-11-20)22-12-4-2-3-5-12/h6-7,12-13H,2-5,8-11H2,1H3,(H,17,21). The van der Waals surface area contributed by atoms with Gasteiger partial charge in [0.1, 0.15) is 0 Å². The summed E-state index contributed by atoms with van der Waals surface area (Å²) in [5.41, 5.74) is 0.353. The van der Waals surface area contributed by atoms with Gasteiger partial charge in [-0.3, -0.25) is 4.79 Å². The Balaban J connectivity index is 1.51. The van der Waals surface area contributed by atoms with Gasteiger partial charge >= 0.3 is 0 Å². The summed E-state index contributed by atoms with van der Waals surface area (Å²) in [6.07, 6.45) is 8.04. The number of ether oxygens (including phenoxy) is 1. The molecule has 120 valence electrons. The first kappa shape index (κ1) is 15.2. The third-order valence-corrected chi connectivity index (χ3v) is 4.56. The van der Waals surface area contributed by atoms with E-state index in [-0.39, 0.29) is 5.91 Å². The highest BCUT2D eigenvalue weighted by Crippen LogP contribution is 2.26. The van der Waals surface area contributed by atoms with Crippen LogP contribution in [0.4, 0.5) is 5.82 Å². The van der Waals surface area contributed by atoms with Gasteiger partial charge in [0.05, 0.1) is 12.2 Å². The topological polar surface area (TPSA) is 67.4 Å². The molecule has 0 bridgehead atoms. The molecule has 1 N–H and O–H groups in total. The van der Waals surface area contributed by atoms with Gasteiger partial charge in [-0.15, -0.1) is 10.2 Å². The van der Waals surface area contributed by atoms with Crippen molar-refractivity contribution in [2.45, 2.75) is 50.7 Å². The molecule has 2 aliphatic rings. The molecular formula is C16H24N4O2. The summed E-state index contributed by atoms with van der Waals surface area (Å²) < 4.78 is 6.19. The lowest BCUT2D eigenvalue weighted by Gasteiger charge is -2.33. The third-order valence-electron chi connectivity index (χ3n) is 4.56. The normalized spacial score (nSPS) is 20.3. The summed E-state index contributed by atoms with van der Waals surface area (Å²) in [5.74, 6) is 0.634. The molecule has 1 amide bonds. The quantitative estimate of drug-likeness (QED) is 0.918. The van der Waals surface area contributed by atoms with E-state index < -0.39 is 0 Å². The molecule has 22 heavy (non-hydrogen) atoms. The van der Waals surface area contributed by atoms with Crippen molar-refractivity contribution >= 4 is 11.7 Å². The number of carbonyl (C=O) groups is 1. The van der Waals surface area contributed by atoms with E-state index in [0.29, 0.717) is 17.9 Å². The minimum atomic E-state index is -0.206. The largest absolute Gasteiger partial charge is 0.375 e. The van der Waals surface area contributed by atoms with Gasteiger partial charge in [0, 0.05) is 20.1 Å². The second-order valence-electron chi connectivity index (χ2n) is 6.08. The van der Waals surface area contributed by atoms with Crippen LogP contribution in [0.2, 0.25) is 0 Å². The number of nitrogens with zero attached hydrogens (tertiary/aromatic N) is 3. The number of aromatic nitrogens is 2. The van der Waals surface area contributed by atoms with Gasteiger partial charge in [-0.1, -0.05) is 12.8 Å². The van der Waals surface area contributed by atoms with Crippen LogP contribution < -0.4 is 10.2 Å². The summed E-state index contributed by atoms with van der Waals surface area (Å²) >= 11 is 0. The zero-order valence-electron chi connectivity index (χ0n) is 13.1. The molecule has 0 spiro atoms. The molecule has 1 saturated carbocycles. The second kappa shape index (κ2) is 7.05. The molecule has 6 heteroatoms. The van der Waals surface area contributed by atoms with Crippen molar-refractivity contribution in [1.29, 1.82) is 0 Å². The minimum absolute atomic E-state index is 0.206. The molecule has 1 aliphatic heterocycles. The molecule has 1 saturated heterocycles. The molecular weight excluding hydrogens is 280 g/mol. The van der Waals surface area contributed by atoms with E-state index in [0.717, 1.165) is 31.7 Å². The van der Waals surface area contributed by atoms with Gasteiger partial charge in [0.25, 0.3) is 5.91 Å². The Bertz CT molecular complexity index is 491. The number of anilines is 1. The van der Waals surface area contributed by atoms with Crippen LogP contribution in [-0.4, -0.2) is 48.4 Å². The van der Waals surface area contributed by atoms with E-state index in [1.54, 1.807) is 13.1 Å². The average Bonchev–Trinajstić information content (AvgIpc) is 3.08. The lowest BCUT2D eigenvalue weighted by molar-refractivity contribution is -0.0195. The van der Waals surface area contributed by atoms with Crippen LogP contribution in [0.3, 0.4) is 0 Å². The maximum absolute atomic E-state index is 11.5. The Morgan fingerprint density at radius 1 is 1.14 bits per heavy atom. The van der Waals surface area contributed by atoms with Gasteiger partial charge in [0.2, 0.25) is 0 Å². The van der Waals surface area contributed by atoms with Crippen LogP contribution in [0.1, 0.15) is 49.0 Å². The number of carbonyl (C=O) groups excluding carboxylic acids is 1. The van der Waals surface area contributed by atoms with Crippen molar-refractivity contribution < 1.29 is 9.53 Å². The van der Waals surface area contributed by atoms with E-state index in [1.807, 2.05) is 6.07 Å². The van der Waals surface area contributed by atoms with Gasteiger partial charge in [0.15, 0.2) is 11.5 Å². The predicted molar refractivity (Wildman–Crippen MR) is 84.0 cm³/mol. The lowest BCUT2D eigenvalue weighted by Crippen LogP contribution is -2.38. The van der Waals surface area contributed by atoms with Crippen LogP contribution in [0.15, 0.2) is 12.1 Å². The number of hydrogen-bond acceptors (Lipinski definition) is 5. The highest BCUT2D eigenvalue weighted by Gasteiger charge is 2.25. The molecule has 1 aliphatic carbocycles. The number of hydrogen-bond donors (Lipinski definition) is 1. The molecule has 0 unspecified atom stereocenters. The van der Waals surface area contributed by atoms with Crippen molar-refractivity contribution in [3.63, 3.8) is 0 Å². The van der Waals surface area contributed by atoms with Gasteiger partial charge < -0.3 is 15.0 Å². The van der Waals surface area contributed by atoms with Crippen LogP contribution in [0, 0.1) is 0 Å². The Morgan fingerprint density at radius 3 is 2.41 bits per heavy atom. The van der Waals surface area contributed by atoms with Crippen molar-refractivity contribution in [3.05, 3.63) is 17.8 Å². The number of piperidine rings is 1. The van der Waals surface area contributed by atoms with E-state index in [2.05, 4.69) is 20.4 Å². The van der Waals surface area contributed by atoms with E-state index in [9.17, 15) is 4.79 Å². The van der Waals surface area contributed by atoms with Crippen LogP contribution in [0.25, 0.3) is 0 Å². The fraction of sp³-hybridized carbons (Fsp3) is 0.688. The third kappa shape index (κ3) is 3.55. The van der Waals surface area contributed by atoms with Crippen molar-refractivity contribution in [2.75, 3.05) is 25.0 Å². The molecule has 6 nitrogen and oxygen atoms in total. The summed E-state index contributed by atoms with van der Waals surface area (Å²) in [5, 5.41) is 10.7. The minimum Gasteiger partial charge on any atom is -0.375 e. The first-order valence-electron chi connectivity index (χ1n) is 8.22. The Morgan fingerprint density at radius 2 is 1.82 bits per heavy atom. The Kier molecular flexibility index (Phi) is 4.87. The Labute approximate surface area is 131 Å². The van der Waals surface area contributed by atoms with E-state index in [1.165, 1.54) is 25.7 Å². The molecule has 2 heterocycles. The van der Waals surface area contributed by atoms with E-state index >= 15 is 0 Å². The molecule has 0 atom stereocenters. The molecule has 1 aromatic heterocycles. The average molecular weight is 304 g/mol. The molecule has 0 radical (unpaired) electrons. The fourth-order valence-electron chi connectivity index (χ4n) is 3.26. The van der Waals surface area contributed by atoms with Crippen LogP contribution >= 0.6 is 0 Å². The van der Waals surface area contributed by atoms with Crippen LogP contribution in [-0.2, 0) is 4.74 Å². The van der Waals surface area contributed by atoms with Crippen LogP contribution in [0.5, 0.6) is 0 Å². The molecule has 0 aromatic carbocycles. The maximum atomic E-state index is 11.5. The monoisotopic (exact) mass is 304 g/mol. The number of amides is 1. The predicted octanol–water partition coefficient (Wildman–Crippen LogP) is 1.76. The molecule has 1 aromatic rings. The molecule has 3 rings (SSSR count). The lowest BCUT2D eigenvalue weighted by atomic mass is 10.1. The maximum Gasteiger partial charge on any atom is 0.271 e. The summed E-state index contributed by atoms with van der Waals surface area (Å²) in [7, 11) is 1.59. The highest BCUT2D eigenvalue weighted by molar-refractivity contribution is 5.91. The Hall–Kier alpha value is -1.69. The SMILES string of the molecule is CNC(=O)c1ccc(N2CCC(OC3CCCC3)CC2)nn1. The summed E-state index contributed by atoms with van der Waals surface area (Å²) in [4.78, 5) is 13.7. The van der Waals surface area contributed by atoms with Crippen molar-refractivity contribution in [3.8, 4) is 0 Å². The van der Waals surface area contributed by atoms with Gasteiger partial charge in [-0.2, -0.15) is 0 Å². The van der Waals surface area contributed by atoms with Gasteiger partial charge in [-0.05, 0) is 37.8 Å². The number of rotatable bonds is 4. The second-order valence-corrected chi connectivity index (χ2v) is 6.08. The first-order valence-corrected chi connectivity index (χ1v) is 8.22. The van der Waals surface area contributed by atoms with Crippen molar-refractivity contribution in [1.82, 2.24) is 15.5 Å². The smallest absolute Gasteiger partial charge is 0.271 e. The van der Waals surface area contributed by atoms with Gasteiger partial charge in [-0.25, -0.2) is 0 Å². The van der Waals surface area contributed by atoms with Crippen molar-refractivity contribution in [2.24, 2.45) is 0 Å². The molecule has 2 fully saturated rings. The van der Waals surface area contributed by atoms with E-state index in [4.69, 9.17) is 4.74 Å².